The minimum Gasteiger partial charge on any atom is -0.155 e. The van der Waals surface area contributed by atoms with E-state index in [1.807, 2.05) is 0 Å². The molecule has 0 atom stereocenters. The molecule has 3 heteroatoms. The second-order valence-corrected chi connectivity index (χ2v) is 5.39. The lowest BCUT2D eigenvalue weighted by Gasteiger charge is -1.97. The van der Waals surface area contributed by atoms with Crippen LogP contribution < -0.4 is 8.80 Å². The second-order valence-electron chi connectivity index (χ2n) is 4.44. The molecule has 0 radical (unpaired) electrons. The molecular formula is C16H12N2S+2. The van der Waals surface area contributed by atoms with E-state index in [1.165, 1.54) is 21.6 Å². The van der Waals surface area contributed by atoms with Gasteiger partial charge in [-0.15, -0.1) is 15.7 Å². The van der Waals surface area contributed by atoms with Crippen LogP contribution in [0, 0.1) is 0 Å². The van der Waals surface area contributed by atoms with Crippen LogP contribution in [0.25, 0.3) is 21.6 Å². The van der Waals surface area contributed by atoms with Crippen LogP contribution in [0.15, 0.2) is 72.5 Å². The molecule has 19 heavy (non-hydrogen) atoms. The molecule has 0 aliphatic rings. The smallest absolute Gasteiger partial charge is 0.155 e. The van der Waals surface area contributed by atoms with Gasteiger partial charge in [0.1, 0.15) is 4.88 Å². The maximum absolute atomic E-state index is 2.25. The fourth-order valence-electron chi connectivity index (χ4n) is 2.45. The van der Waals surface area contributed by atoms with Crippen molar-refractivity contribution in [2.24, 2.45) is 0 Å². The number of fused-ring (bicyclic) bond motifs is 3. The zero-order chi connectivity index (χ0) is 12.7. The van der Waals surface area contributed by atoms with Crippen LogP contribution in [0.1, 0.15) is 0 Å². The maximum atomic E-state index is 2.25. The average Bonchev–Trinajstić information content (AvgIpc) is 3.00. The Morgan fingerprint density at radius 2 is 1.63 bits per heavy atom. The molecule has 0 saturated heterocycles. The van der Waals surface area contributed by atoms with E-state index < -0.39 is 0 Å². The third-order valence-corrected chi connectivity index (χ3v) is 4.20. The predicted octanol–water partition coefficient (Wildman–Crippen LogP) is 2.89. The van der Waals surface area contributed by atoms with Gasteiger partial charge in [0, 0.05) is 24.3 Å². The van der Waals surface area contributed by atoms with Crippen molar-refractivity contribution in [3.63, 3.8) is 0 Å². The largest absolute Gasteiger partial charge is 0.293 e. The predicted molar refractivity (Wildman–Crippen MR) is 76.1 cm³/mol. The first kappa shape index (κ1) is 10.6. The summed E-state index contributed by atoms with van der Waals surface area (Å²) < 4.78 is 4.44. The van der Waals surface area contributed by atoms with Crippen LogP contribution in [0.5, 0.6) is 0 Å². The highest BCUT2D eigenvalue weighted by atomic mass is 32.1. The molecule has 2 nitrogen and oxygen atoms in total. The lowest BCUT2D eigenvalue weighted by Crippen LogP contribution is -2.33. The van der Waals surface area contributed by atoms with Crippen molar-refractivity contribution < 1.29 is 8.80 Å². The number of hydrogen-bond donors (Lipinski definition) is 0. The van der Waals surface area contributed by atoms with Crippen molar-refractivity contribution in [1.82, 2.24) is 0 Å². The van der Waals surface area contributed by atoms with Crippen molar-refractivity contribution in [3.05, 3.63) is 72.5 Å². The summed E-state index contributed by atoms with van der Waals surface area (Å²) in [6.45, 7) is 0. The van der Waals surface area contributed by atoms with Gasteiger partial charge in [-0.25, -0.2) is 0 Å². The second kappa shape index (κ2) is 4.14. The number of nitrogens with zero attached hydrogens (tertiary/aromatic N) is 2. The van der Waals surface area contributed by atoms with Crippen LogP contribution in [0.3, 0.4) is 0 Å². The molecule has 0 aliphatic carbocycles. The molecule has 0 amide bonds. The van der Waals surface area contributed by atoms with E-state index in [9.17, 15) is 0 Å². The first-order valence-corrected chi connectivity index (χ1v) is 7.09. The van der Waals surface area contributed by atoms with Crippen LogP contribution in [0.2, 0.25) is 0 Å². The first-order valence-electron chi connectivity index (χ1n) is 6.21. The molecular weight excluding hydrogens is 252 g/mol. The van der Waals surface area contributed by atoms with Gasteiger partial charge in [-0.1, -0.05) is 6.07 Å². The maximum Gasteiger partial charge on any atom is 0.293 e. The minimum absolute atomic E-state index is 1.21. The highest BCUT2D eigenvalue weighted by molar-refractivity contribution is 7.13. The highest BCUT2D eigenvalue weighted by Crippen LogP contribution is 2.21. The summed E-state index contributed by atoms with van der Waals surface area (Å²) in [5, 5.41) is 2.12. The van der Waals surface area contributed by atoms with E-state index >= 15 is 0 Å². The van der Waals surface area contributed by atoms with E-state index in [-0.39, 0.29) is 0 Å². The molecule has 0 saturated carbocycles. The fraction of sp³-hybridized carbons (Fsp3) is 0. The van der Waals surface area contributed by atoms with Gasteiger partial charge < -0.3 is 0 Å². The Balaban J connectivity index is 2.22. The molecule has 0 aliphatic heterocycles. The quantitative estimate of drug-likeness (QED) is 0.369. The van der Waals surface area contributed by atoms with E-state index in [1.54, 1.807) is 11.3 Å². The molecule has 4 heterocycles. The van der Waals surface area contributed by atoms with Gasteiger partial charge in [0.25, 0.3) is 16.7 Å². The number of rotatable bonds is 1. The van der Waals surface area contributed by atoms with Gasteiger partial charge in [-0.05, 0) is 23.6 Å². The third-order valence-electron chi connectivity index (χ3n) is 3.31. The molecule has 0 spiro atoms. The third kappa shape index (κ3) is 1.63. The first-order chi connectivity index (χ1) is 9.43. The van der Waals surface area contributed by atoms with Gasteiger partial charge in [-0.3, -0.25) is 0 Å². The van der Waals surface area contributed by atoms with Gasteiger partial charge >= 0.3 is 0 Å². The molecule has 90 valence electrons. The molecule has 0 fully saturated rings. The van der Waals surface area contributed by atoms with Gasteiger partial charge in [0.05, 0.1) is 0 Å². The zero-order valence-corrected chi connectivity index (χ0v) is 11.0. The fourth-order valence-corrected chi connectivity index (χ4v) is 3.18. The normalized spacial score (nSPS) is 11.2. The van der Waals surface area contributed by atoms with E-state index in [2.05, 4.69) is 81.3 Å². The summed E-state index contributed by atoms with van der Waals surface area (Å²) in [5.74, 6) is 0. The Hall–Kier alpha value is -2.26. The molecule has 4 aromatic rings. The molecule has 4 aromatic heterocycles. The lowest BCUT2D eigenvalue weighted by molar-refractivity contribution is -0.556. The Bertz CT molecular complexity index is 866. The lowest BCUT2D eigenvalue weighted by atomic mass is 10.2. The molecule has 4 rings (SSSR count). The summed E-state index contributed by atoms with van der Waals surface area (Å²) in [5.41, 5.74) is 3.65. The zero-order valence-electron chi connectivity index (χ0n) is 10.2. The van der Waals surface area contributed by atoms with Crippen LogP contribution in [-0.4, -0.2) is 0 Å². The monoisotopic (exact) mass is 264 g/mol. The van der Waals surface area contributed by atoms with Crippen molar-refractivity contribution in [3.8, 4) is 10.6 Å². The van der Waals surface area contributed by atoms with Crippen LogP contribution in [0.4, 0.5) is 0 Å². The highest BCUT2D eigenvalue weighted by Gasteiger charge is 2.21. The summed E-state index contributed by atoms with van der Waals surface area (Å²) in [7, 11) is 0. The average molecular weight is 264 g/mol. The summed E-state index contributed by atoms with van der Waals surface area (Å²) in [6.07, 6.45) is 6.41. The molecule has 0 unspecified atom stereocenters. The summed E-state index contributed by atoms with van der Waals surface area (Å²) in [4.78, 5) is 1.28. The van der Waals surface area contributed by atoms with Crippen LogP contribution in [-0.2, 0) is 0 Å². The molecule has 0 aromatic carbocycles. The Labute approximate surface area is 114 Å². The van der Waals surface area contributed by atoms with E-state index in [4.69, 9.17) is 0 Å². The number of hydrogen-bond acceptors (Lipinski definition) is 1. The van der Waals surface area contributed by atoms with Gasteiger partial charge in [0.2, 0.25) is 6.20 Å². The molecule has 0 bridgehead atoms. The van der Waals surface area contributed by atoms with Gasteiger partial charge in [-0.2, -0.15) is 4.40 Å². The topological polar surface area (TPSA) is 8.20 Å². The Kier molecular flexibility index (Phi) is 2.32. The SMILES string of the molecule is c1csc(-c2c[n+]3ccccc3c3cccc[n+]23)c1. The van der Waals surface area contributed by atoms with Crippen molar-refractivity contribution in [1.29, 1.82) is 0 Å². The summed E-state index contributed by atoms with van der Waals surface area (Å²) in [6, 6.07) is 16.9. The molecule has 0 N–H and O–H groups in total. The minimum atomic E-state index is 1.21. The van der Waals surface area contributed by atoms with Gasteiger partial charge in [0.15, 0.2) is 12.4 Å². The van der Waals surface area contributed by atoms with Crippen LogP contribution >= 0.6 is 11.3 Å². The number of thiophene rings is 1. The van der Waals surface area contributed by atoms with E-state index in [0.717, 1.165) is 0 Å². The van der Waals surface area contributed by atoms with Crippen molar-refractivity contribution >= 4 is 22.4 Å². The van der Waals surface area contributed by atoms with Crippen molar-refractivity contribution in [2.45, 2.75) is 0 Å². The number of aromatic nitrogens is 2. The van der Waals surface area contributed by atoms with Crippen molar-refractivity contribution in [2.75, 3.05) is 0 Å². The van der Waals surface area contributed by atoms with E-state index in [0.29, 0.717) is 0 Å². The standard InChI is InChI=1S/C16H12N2S/c1-3-9-17-12-15(16-8-5-11-19-16)18-10-4-2-7-14(18)13(17)6-1/h1-12H/q+2. The number of pyridine rings is 2. The Morgan fingerprint density at radius 1 is 0.789 bits per heavy atom. The summed E-state index contributed by atoms with van der Waals surface area (Å²) >= 11 is 1.77. The Morgan fingerprint density at radius 3 is 2.47 bits per heavy atom.